The number of benzene rings is 1. The van der Waals surface area contributed by atoms with E-state index in [0.29, 0.717) is 0 Å². The second-order valence-electron chi connectivity index (χ2n) is 13.5. The van der Waals surface area contributed by atoms with E-state index in [1.54, 1.807) is 0 Å². The SMILES string of the molecule is CCCCCCCCCCCCCCN(CC)C1Oc2ccccc2OC(N(CC)CCCCCCCCCCCCCC)O1. The van der Waals surface area contributed by atoms with Gasteiger partial charge in [0.2, 0.25) is 0 Å². The van der Waals surface area contributed by atoms with Gasteiger partial charge in [0.05, 0.1) is 0 Å². The summed E-state index contributed by atoms with van der Waals surface area (Å²) in [5.41, 5.74) is 0. The number of para-hydroxylation sites is 2. The first-order chi connectivity index (χ1) is 22.2. The summed E-state index contributed by atoms with van der Waals surface area (Å²) in [6, 6.07) is 8.05. The van der Waals surface area contributed by atoms with E-state index in [-0.39, 0.29) is 0 Å². The average molecular weight is 631 g/mol. The summed E-state index contributed by atoms with van der Waals surface area (Å²) in [5.74, 6) is 1.55. The van der Waals surface area contributed by atoms with Gasteiger partial charge in [0, 0.05) is 26.2 Å². The minimum absolute atomic E-state index is 0.438. The molecule has 2 unspecified atom stereocenters. The molecule has 0 aliphatic carbocycles. The Labute approximate surface area is 280 Å². The first-order valence-electron chi connectivity index (χ1n) is 19.8. The van der Waals surface area contributed by atoms with E-state index >= 15 is 0 Å². The zero-order valence-corrected chi connectivity index (χ0v) is 30.4. The quantitative estimate of drug-likeness (QED) is 0.0790. The monoisotopic (exact) mass is 631 g/mol. The van der Waals surface area contributed by atoms with Gasteiger partial charge in [-0.25, -0.2) is 9.80 Å². The molecule has 1 aromatic rings. The lowest BCUT2D eigenvalue weighted by Crippen LogP contribution is -2.49. The van der Waals surface area contributed by atoms with E-state index in [0.717, 1.165) is 37.7 Å². The summed E-state index contributed by atoms with van der Waals surface area (Å²) < 4.78 is 19.5. The molecule has 1 heterocycles. The highest BCUT2D eigenvalue weighted by molar-refractivity contribution is 5.39. The van der Waals surface area contributed by atoms with Gasteiger partial charge in [-0.15, -0.1) is 0 Å². The Morgan fingerprint density at radius 3 is 1.00 bits per heavy atom. The molecule has 262 valence electrons. The van der Waals surface area contributed by atoms with Crippen LogP contribution in [0.15, 0.2) is 24.3 Å². The van der Waals surface area contributed by atoms with Crippen LogP contribution in [0.4, 0.5) is 0 Å². The molecule has 45 heavy (non-hydrogen) atoms. The highest BCUT2D eigenvalue weighted by Crippen LogP contribution is 2.33. The number of rotatable bonds is 30. The Bertz CT molecular complexity index is 728. The van der Waals surface area contributed by atoms with Gasteiger partial charge in [-0.3, -0.25) is 4.74 Å². The topological polar surface area (TPSA) is 34.2 Å². The van der Waals surface area contributed by atoms with Crippen molar-refractivity contribution in [1.29, 1.82) is 0 Å². The van der Waals surface area contributed by atoms with Gasteiger partial charge in [-0.1, -0.05) is 181 Å². The van der Waals surface area contributed by atoms with Gasteiger partial charge in [-0.2, -0.15) is 0 Å². The van der Waals surface area contributed by atoms with Crippen molar-refractivity contribution in [2.24, 2.45) is 0 Å². The van der Waals surface area contributed by atoms with Crippen molar-refractivity contribution >= 4 is 0 Å². The summed E-state index contributed by atoms with van der Waals surface area (Å²) in [7, 11) is 0. The van der Waals surface area contributed by atoms with Crippen LogP contribution < -0.4 is 9.47 Å². The molecule has 5 heteroatoms. The highest BCUT2D eigenvalue weighted by Gasteiger charge is 2.32. The lowest BCUT2D eigenvalue weighted by molar-refractivity contribution is -0.275. The smallest absolute Gasteiger partial charge is 0.266 e. The largest absolute Gasteiger partial charge is 0.447 e. The molecule has 0 spiro atoms. The molecular formula is C40H74N2O3. The normalized spacial score (nSPS) is 16.5. The Balaban J connectivity index is 1.72. The first-order valence-corrected chi connectivity index (χ1v) is 19.8. The van der Waals surface area contributed by atoms with Gasteiger partial charge >= 0.3 is 0 Å². The molecule has 0 amide bonds. The molecule has 2 atom stereocenters. The molecule has 2 rings (SSSR count). The number of unbranched alkanes of at least 4 members (excludes halogenated alkanes) is 22. The molecule has 0 aromatic heterocycles. The van der Waals surface area contributed by atoms with E-state index in [1.807, 2.05) is 24.3 Å². The molecule has 0 N–H and O–H groups in total. The lowest BCUT2D eigenvalue weighted by Gasteiger charge is -2.34. The molecule has 0 bridgehead atoms. The highest BCUT2D eigenvalue weighted by atomic mass is 16.8. The summed E-state index contributed by atoms with van der Waals surface area (Å²) in [5, 5.41) is 0. The van der Waals surface area contributed by atoms with Crippen LogP contribution in [0, 0.1) is 0 Å². The fraction of sp³-hybridized carbons (Fsp3) is 0.850. The summed E-state index contributed by atoms with van der Waals surface area (Å²) in [6.07, 6.45) is 31.9. The molecule has 1 aromatic carbocycles. The van der Waals surface area contributed by atoms with Crippen molar-refractivity contribution in [3.05, 3.63) is 24.3 Å². The van der Waals surface area contributed by atoms with Gasteiger partial charge in [0.1, 0.15) is 0 Å². The Hall–Kier alpha value is -1.30. The predicted octanol–water partition coefficient (Wildman–Crippen LogP) is 12.1. The van der Waals surface area contributed by atoms with Crippen LogP contribution in [-0.4, -0.2) is 48.8 Å². The first kappa shape index (κ1) is 39.9. The lowest BCUT2D eigenvalue weighted by atomic mass is 10.1. The third-order valence-electron chi connectivity index (χ3n) is 9.54. The zero-order valence-electron chi connectivity index (χ0n) is 30.4. The van der Waals surface area contributed by atoms with Gasteiger partial charge in [-0.05, 0) is 25.0 Å². The van der Waals surface area contributed by atoms with E-state index < -0.39 is 12.8 Å². The van der Waals surface area contributed by atoms with Crippen LogP contribution >= 0.6 is 0 Å². The number of ether oxygens (including phenoxy) is 3. The second-order valence-corrected chi connectivity index (χ2v) is 13.5. The third kappa shape index (κ3) is 18.6. The van der Waals surface area contributed by atoms with Crippen LogP contribution in [0.3, 0.4) is 0 Å². The Kier molecular flexibility index (Phi) is 24.6. The maximum atomic E-state index is 6.62. The molecule has 0 saturated carbocycles. The van der Waals surface area contributed by atoms with E-state index in [1.165, 1.54) is 154 Å². The Morgan fingerprint density at radius 2 is 0.711 bits per heavy atom. The van der Waals surface area contributed by atoms with Crippen molar-refractivity contribution in [2.75, 3.05) is 26.2 Å². The molecule has 1 aliphatic heterocycles. The Morgan fingerprint density at radius 1 is 0.422 bits per heavy atom. The fourth-order valence-electron chi connectivity index (χ4n) is 6.48. The van der Waals surface area contributed by atoms with Gasteiger partial charge in [0.25, 0.3) is 12.8 Å². The third-order valence-corrected chi connectivity index (χ3v) is 9.54. The van der Waals surface area contributed by atoms with Crippen molar-refractivity contribution in [3.63, 3.8) is 0 Å². The number of fused-ring (bicyclic) bond motifs is 1. The van der Waals surface area contributed by atoms with Crippen molar-refractivity contribution in [2.45, 2.75) is 195 Å². The molecule has 5 nitrogen and oxygen atoms in total. The standard InChI is InChI=1S/C40H74N2O3/c1-5-9-11-13-15-17-19-21-23-25-27-31-35-41(7-3)39-43-37-33-29-30-34-38(37)44-40(45-39)42(8-4)36-32-28-26-24-22-20-18-16-14-12-10-6-2/h29-30,33-34,39-40H,5-28,31-32,35-36H2,1-4H3. The number of hydrogen-bond acceptors (Lipinski definition) is 5. The van der Waals surface area contributed by atoms with E-state index in [9.17, 15) is 0 Å². The van der Waals surface area contributed by atoms with Gasteiger partial charge < -0.3 is 9.47 Å². The fourth-order valence-corrected chi connectivity index (χ4v) is 6.48. The van der Waals surface area contributed by atoms with Crippen LogP contribution in [0.1, 0.15) is 182 Å². The van der Waals surface area contributed by atoms with Crippen molar-refractivity contribution in [1.82, 2.24) is 9.80 Å². The number of hydrogen-bond donors (Lipinski definition) is 0. The summed E-state index contributed by atoms with van der Waals surface area (Å²) in [6.45, 7) is 12.8. The second kappa shape index (κ2) is 27.8. The van der Waals surface area contributed by atoms with Crippen molar-refractivity contribution < 1.29 is 14.2 Å². The van der Waals surface area contributed by atoms with Crippen LogP contribution in [0.25, 0.3) is 0 Å². The van der Waals surface area contributed by atoms with Crippen LogP contribution in [0.5, 0.6) is 11.5 Å². The molecular weight excluding hydrogens is 556 g/mol. The minimum Gasteiger partial charge on any atom is -0.447 e. The molecule has 0 radical (unpaired) electrons. The minimum atomic E-state index is -0.438. The zero-order chi connectivity index (χ0) is 32.2. The average Bonchev–Trinajstić information content (AvgIpc) is 3.25. The number of nitrogens with zero attached hydrogens (tertiary/aromatic N) is 2. The van der Waals surface area contributed by atoms with Crippen molar-refractivity contribution in [3.8, 4) is 11.5 Å². The summed E-state index contributed by atoms with van der Waals surface area (Å²) >= 11 is 0. The van der Waals surface area contributed by atoms with Gasteiger partial charge in [0.15, 0.2) is 11.5 Å². The predicted molar refractivity (Wildman–Crippen MR) is 193 cm³/mol. The maximum Gasteiger partial charge on any atom is 0.266 e. The van der Waals surface area contributed by atoms with Crippen LogP contribution in [0.2, 0.25) is 0 Å². The molecule has 0 fully saturated rings. The van der Waals surface area contributed by atoms with E-state index in [2.05, 4.69) is 37.5 Å². The molecule has 1 aliphatic rings. The summed E-state index contributed by atoms with van der Waals surface area (Å²) in [4.78, 5) is 4.68. The van der Waals surface area contributed by atoms with Crippen LogP contribution in [-0.2, 0) is 4.74 Å². The maximum absolute atomic E-state index is 6.62. The van der Waals surface area contributed by atoms with E-state index in [4.69, 9.17) is 14.2 Å². The molecule has 0 saturated heterocycles.